The summed E-state index contributed by atoms with van der Waals surface area (Å²) in [5.41, 5.74) is 3.10. The standard InChI is InChI=1S/C23H28N4OS/c1-17-7-5-6-11-27(17)16-22(28)25-23-20(13-24)19-10-12-26(15-21(19)29-23)14-18-8-3-2-4-9-18/h2-4,8-9,17H,5-7,10-12,14-16H2,1H3,(H,25,28). The lowest BCUT2D eigenvalue weighted by Gasteiger charge is -2.32. The van der Waals surface area contributed by atoms with E-state index in [0.29, 0.717) is 18.2 Å². The Bertz CT molecular complexity index is 902. The molecule has 1 amide bonds. The molecule has 0 spiro atoms. The molecular weight excluding hydrogens is 380 g/mol. The van der Waals surface area contributed by atoms with E-state index < -0.39 is 0 Å². The maximum absolute atomic E-state index is 12.6. The smallest absolute Gasteiger partial charge is 0.239 e. The number of carbonyl (C=O) groups excluding carboxylic acids is 1. The number of nitrogens with one attached hydrogen (secondary N) is 1. The van der Waals surface area contributed by atoms with Gasteiger partial charge in [-0.25, -0.2) is 0 Å². The Balaban J connectivity index is 1.43. The normalized spacial score (nSPS) is 20.1. The highest BCUT2D eigenvalue weighted by atomic mass is 32.1. The Kier molecular flexibility index (Phi) is 6.29. The van der Waals surface area contributed by atoms with E-state index in [4.69, 9.17) is 0 Å². The van der Waals surface area contributed by atoms with Crippen LogP contribution in [-0.2, 0) is 24.3 Å². The molecule has 0 radical (unpaired) electrons. The molecule has 1 atom stereocenters. The molecule has 1 saturated heterocycles. The largest absolute Gasteiger partial charge is 0.315 e. The average Bonchev–Trinajstić information content (AvgIpc) is 3.06. The number of thiophene rings is 1. The summed E-state index contributed by atoms with van der Waals surface area (Å²) in [7, 11) is 0. The van der Waals surface area contributed by atoms with Gasteiger partial charge in [-0.15, -0.1) is 11.3 Å². The molecule has 0 saturated carbocycles. The van der Waals surface area contributed by atoms with Crippen molar-refractivity contribution in [3.05, 3.63) is 51.9 Å². The summed E-state index contributed by atoms with van der Waals surface area (Å²) in [6.07, 6.45) is 4.42. The second-order valence-electron chi connectivity index (χ2n) is 8.13. The molecule has 1 unspecified atom stereocenters. The quantitative estimate of drug-likeness (QED) is 0.813. The van der Waals surface area contributed by atoms with Crippen molar-refractivity contribution >= 4 is 22.2 Å². The lowest BCUT2D eigenvalue weighted by Crippen LogP contribution is -2.42. The Morgan fingerprint density at radius 3 is 2.86 bits per heavy atom. The summed E-state index contributed by atoms with van der Waals surface area (Å²) in [6, 6.07) is 13.3. The van der Waals surface area contributed by atoms with Gasteiger partial charge in [-0.1, -0.05) is 36.8 Å². The van der Waals surface area contributed by atoms with Crippen LogP contribution in [-0.4, -0.2) is 41.4 Å². The van der Waals surface area contributed by atoms with Gasteiger partial charge in [-0.2, -0.15) is 5.26 Å². The molecule has 1 aromatic heterocycles. The van der Waals surface area contributed by atoms with Crippen molar-refractivity contribution < 1.29 is 4.79 Å². The molecule has 3 heterocycles. The number of piperidine rings is 1. The van der Waals surface area contributed by atoms with Gasteiger partial charge in [0.15, 0.2) is 0 Å². The summed E-state index contributed by atoms with van der Waals surface area (Å²) in [6.45, 7) is 6.27. The topological polar surface area (TPSA) is 59.4 Å². The molecule has 6 heteroatoms. The van der Waals surface area contributed by atoms with Crippen molar-refractivity contribution in [2.45, 2.75) is 51.7 Å². The molecule has 4 rings (SSSR count). The zero-order valence-electron chi connectivity index (χ0n) is 17.0. The van der Waals surface area contributed by atoms with Gasteiger partial charge in [0.25, 0.3) is 0 Å². The van der Waals surface area contributed by atoms with Crippen LogP contribution in [0.25, 0.3) is 0 Å². The molecule has 1 fully saturated rings. The third kappa shape index (κ3) is 4.69. The molecule has 152 valence electrons. The molecular formula is C23H28N4OS. The maximum atomic E-state index is 12.6. The molecule has 1 N–H and O–H groups in total. The fourth-order valence-corrected chi connectivity index (χ4v) is 5.64. The van der Waals surface area contributed by atoms with Crippen LogP contribution < -0.4 is 5.32 Å². The SMILES string of the molecule is CC1CCCCN1CC(=O)Nc1sc2c(c1C#N)CCN(Cc1ccccc1)C2. The van der Waals surface area contributed by atoms with E-state index in [1.54, 1.807) is 11.3 Å². The Morgan fingerprint density at radius 1 is 1.28 bits per heavy atom. The van der Waals surface area contributed by atoms with Crippen molar-refractivity contribution in [3.63, 3.8) is 0 Å². The molecule has 29 heavy (non-hydrogen) atoms. The monoisotopic (exact) mass is 408 g/mol. The summed E-state index contributed by atoms with van der Waals surface area (Å²) in [5, 5.41) is 13.5. The highest BCUT2D eigenvalue weighted by Gasteiger charge is 2.26. The first-order valence-corrected chi connectivity index (χ1v) is 11.3. The van der Waals surface area contributed by atoms with E-state index in [1.807, 2.05) is 6.07 Å². The van der Waals surface area contributed by atoms with Crippen LogP contribution in [0.3, 0.4) is 0 Å². The van der Waals surface area contributed by atoms with Gasteiger partial charge >= 0.3 is 0 Å². The minimum Gasteiger partial charge on any atom is -0.315 e. The first kappa shape index (κ1) is 20.1. The first-order chi connectivity index (χ1) is 14.1. The summed E-state index contributed by atoms with van der Waals surface area (Å²) >= 11 is 1.58. The second-order valence-corrected chi connectivity index (χ2v) is 9.23. The Morgan fingerprint density at radius 2 is 2.10 bits per heavy atom. The molecule has 0 aliphatic carbocycles. The average molecular weight is 409 g/mol. The van der Waals surface area contributed by atoms with E-state index in [1.165, 1.54) is 16.9 Å². The zero-order chi connectivity index (χ0) is 20.2. The predicted molar refractivity (Wildman–Crippen MR) is 117 cm³/mol. The molecule has 2 aliphatic rings. The van der Waals surface area contributed by atoms with Crippen LogP contribution in [0, 0.1) is 11.3 Å². The number of nitrogens with zero attached hydrogens (tertiary/aromatic N) is 3. The minimum atomic E-state index is -0.00464. The number of hydrogen-bond donors (Lipinski definition) is 1. The summed E-state index contributed by atoms with van der Waals surface area (Å²) < 4.78 is 0. The second kappa shape index (κ2) is 9.08. The van der Waals surface area contributed by atoms with Crippen LogP contribution in [0.2, 0.25) is 0 Å². The molecule has 5 nitrogen and oxygen atoms in total. The van der Waals surface area contributed by atoms with Crippen molar-refractivity contribution in [2.24, 2.45) is 0 Å². The van der Waals surface area contributed by atoms with Gasteiger partial charge < -0.3 is 5.32 Å². The fourth-order valence-electron chi connectivity index (χ4n) is 4.38. The number of fused-ring (bicyclic) bond motifs is 1. The molecule has 2 aromatic rings. The number of nitriles is 1. The number of anilines is 1. The molecule has 2 aliphatic heterocycles. The van der Waals surface area contributed by atoms with Crippen molar-refractivity contribution in [3.8, 4) is 6.07 Å². The highest BCUT2D eigenvalue weighted by Crippen LogP contribution is 2.37. The van der Waals surface area contributed by atoms with E-state index in [2.05, 4.69) is 52.4 Å². The third-order valence-corrected chi connectivity index (χ3v) is 7.17. The fraction of sp³-hybridized carbons (Fsp3) is 0.478. The Hall–Kier alpha value is -2.20. The predicted octanol–water partition coefficient (Wildman–Crippen LogP) is 3.99. The van der Waals surface area contributed by atoms with Crippen LogP contribution in [0.1, 0.15) is 47.8 Å². The summed E-state index contributed by atoms with van der Waals surface area (Å²) in [5.74, 6) is -0.00464. The molecule has 0 bridgehead atoms. The minimum absolute atomic E-state index is 0.00464. The van der Waals surface area contributed by atoms with Gasteiger partial charge in [0.05, 0.1) is 12.1 Å². The number of hydrogen-bond acceptors (Lipinski definition) is 5. The van der Waals surface area contributed by atoms with E-state index in [0.717, 1.165) is 56.0 Å². The van der Waals surface area contributed by atoms with Crippen molar-refractivity contribution in [1.82, 2.24) is 9.80 Å². The zero-order valence-corrected chi connectivity index (χ0v) is 17.8. The number of carbonyl (C=O) groups is 1. The summed E-state index contributed by atoms with van der Waals surface area (Å²) in [4.78, 5) is 18.5. The lowest BCUT2D eigenvalue weighted by atomic mass is 10.0. The molecule has 1 aromatic carbocycles. The van der Waals surface area contributed by atoms with Crippen LogP contribution in [0.4, 0.5) is 5.00 Å². The van der Waals surface area contributed by atoms with Crippen LogP contribution in [0.15, 0.2) is 30.3 Å². The van der Waals surface area contributed by atoms with Gasteiger partial charge in [-0.3, -0.25) is 14.6 Å². The van der Waals surface area contributed by atoms with Crippen LogP contribution in [0.5, 0.6) is 0 Å². The van der Waals surface area contributed by atoms with Gasteiger partial charge in [0, 0.05) is 30.6 Å². The number of rotatable bonds is 5. The first-order valence-electron chi connectivity index (χ1n) is 10.5. The van der Waals surface area contributed by atoms with Crippen LogP contribution >= 0.6 is 11.3 Å². The van der Waals surface area contributed by atoms with E-state index in [-0.39, 0.29) is 5.91 Å². The van der Waals surface area contributed by atoms with E-state index >= 15 is 0 Å². The van der Waals surface area contributed by atoms with E-state index in [9.17, 15) is 10.1 Å². The van der Waals surface area contributed by atoms with Gasteiger partial charge in [0.2, 0.25) is 5.91 Å². The Labute approximate surface area is 176 Å². The van der Waals surface area contributed by atoms with Crippen molar-refractivity contribution in [1.29, 1.82) is 5.26 Å². The van der Waals surface area contributed by atoms with Gasteiger partial charge in [-0.05, 0) is 43.9 Å². The maximum Gasteiger partial charge on any atom is 0.239 e. The third-order valence-electron chi connectivity index (χ3n) is 6.04. The highest BCUT2D eigenvalue weighted by molar-refractivity contribution is 7.16. The van der Waals surface area contributed by atoms with Crippen molar-refractivity contribution in [2.75, 3.05) is 25.0 Å². The number of benzene rings is 1. The lowest BCUT2D eigenvalue weighted by molar-refractivity contribution is -0.118. The van der Waals surface area contributed by atoms with Gasteiger partial charge in [0.1, 0.15) is 11.1 Å². The number of amides is 1. The number of likely N-dealkylation sites (tertiary alicyclic amines) is 1.